The number of aliphatic imine (C=N–C) groups is 1. The number of halogens is 1. The first-order chi connectivity index (χ1) is 15.0. The number of benzene rings is 1. The Hall–Kier alpha value is -2.87. The molecule has 1 fully saturated rings. The van der Waals surface area contributed by atoms with Crippen molar-refractivity contribution in [3.8, 4) is 11.5 Å². The van der Waals surface area contributed by atoms with E-state index >= 15 is 0 Å². The molecule has 1 aliphatic heterocycles. The molecule has 2 aliphatic rings. The van der Waals surface area contributed by atoms with Crippen molar-refractivity contribution in [2.45, 2.75) is 32.2 Å². The van der Waals surface area contributed by atoms with Gasteiger partial charge in [0.15, 0.2) is 23.2 Å². The third-order valence-electron chi connectivity index (χ3n) is 5.90. The summed E-state index contributed by atoms with van der Waals surface area (Å²) in [6.07, 6.45) is 5.61. The maximum Gasteiger partial charge on any atom is 0.289 e. The van der Waals surface area contributed by atoms with Gasteiger partial charge in [-0.15, -0.1) is 0 Å². The summed E-state index contributed by atoms with van der Waals surface area (Å²) in [5.41, 5.74) is 11.7. The van der Waals surface area contributed by atoms with Gasteiger partial charge in [-0.3, -0.25) is 9.79 Å². The lowest BCUT2D eigenvalue weighted by molar-refractivity contribution is 0.0659. The van der Waals surface area contributed by atoms with Gasteiger partial charge in [0, 0.05) is 30.7 Å². The topological polar surface area (TPSA) is 116 Å². The molecule has 0 radical (unpaired) electrons. The monoisotopic (exact) mass is 446 g/mol. The maximum atomic E-state index is 13.2. The third-order valence-corrected chi connectivity index (χ3v) is 6.25. The summed E-state index contributed by atoms with van der Waals surface area (Å²) in [6, 6.07) is 6.99. The van der Waals surface area contributed by atoms with Gasteiger partial charge in [-0.05, 0) is 61.3 Å². The molecule has 4 rings (SSSR count). The smallest absolute Gasteiger partial charge is 0.289 e. The summed E-state index contributed by atoms with van der Waals surface area (Å²) in [4.78, 5) is 19.1. The van der Waals surface area contributed by atoms with Crippen LogP contribution in [0, 0.1) is 11.8 Å². The van der Waals surface area contributed by atoms with Crippen LogP contribution in [0.2, 0.25) is 5.02 Å². The Balaban J connectivity index is 1.46. The fourth-order valence-electron chi connectivity index (χ4n) is 4.20. The maximum absolute atomic E-state index is 13.2. The fourth-order valence-corrected chi connectivity index (χ4v) is 4.42. The van der Waals surface area contributed by atoms with Crippen LogP contribution in [0.4, 0.5) is 0 Å². The first-order valence-corrected chi connectivity index (χ1v) is 10.8. The van der Waals surface area contributed by atoms with Gasteiger partial charge in [0.1, 0.15) is 0 Å². The Morgan fingerprint density at radius 2 is 1.84 bits per heavy atom. The molecule has 1 aromatic heterocycles. The highest BCUT2D eigenvalue weighted by molar-refractivity contribution is 6.31. The van der Waals surface area contributed by atoms with E-state index in [-0.39, 0.29) is 18.7 Å². The van der Waals surface area contributed by atoms with Crippen molar-refractivity contribution in [3.63, 3.8) is 0 Å². The number of guanidine groups is 1. The van der Waals surface area contributed by atoms with Gasteiger partial charge in [-0.1, -0.05) is 11.6 Å². The molecule has 9 heteroatoms. The van der Waals surface area contributed by atoms with Gasteiger partial charge in [-0.25, -0.2) is 0 Å². The van der Waals surface area contributed by atoms with Crippen LogP contribution >= 0.6 is 11.6 Å². The summed E-state index contributed by atoms with van der Waals surface area (Å²) in [5, 5.41) is 0.544. The highest BCUT2D eigenvalue weighted by Gasteiger charge is 2.28. The van der Waals surface area contributed by atoms with Crippen molar-refractivity contribution < 1.29 is 18.7 Å². The number of hydrogen-bond donors (Lipinski definition) is 2. The number of nitrogens with two attached hydrogens (primary N) is 2. The summed E-state index contributed by atoms with van der Waals surface area (Å²) in [5.74, 6) is 2.44. The number of nitrogens with zero attached hydrogens (tertiary/aromatic N) is 2. The van der Waals surface area contributed by atoms with Crippen molar-refractivity contribution in [2.24, 2.45) is 28.3 Å². The average Bonchev–Trinajstić information content (AvgIpc) is 3.44. The number of ether oxygens (including phenoxy) is 2. The van der Waals surface area contributed by atoms with E-state index in [1.165, 1.54) is 6.26 Å². The number of carbonyl (C=O) groups is 1. The van der Waals surface area contributed by atoms with Crippen LogP contribution in [0.5, 0.6) is 11.5 Å². The molecule has 0 spiro atoms. The van der Waals surface area contributed by atoms with Gasteiger partial charge in [0.2, 0.25) is 6.79 Å². The van der Waals surface area contributed by atoms with E-state index in [1.807, 2.05) is 11.0 Å². The lowest BCUT2D eigenvalue weighted by Crippen LogP contribution is -2.36. The molecular formula is C22H27ClN4O4. The summed E-state index contributed by atoms with van der Waals surface area (Å²) in [6.45, 7) is 1.83. The molecule has 1 aromatic carbocycles. The minimum absolute atomic E-state index is 0.137. The second kappa shape index (κ2) is 9.51. The van der Waals surface area contributed by atoms with Crippen LogP contribution in [0.25, 0.3) is 0 Å². The zero-order chi connectivity index (χ0) is 21.8. The third kappa shape index (κ3) is 5.25. The number of fused-ring (bicyclic) bond motifs is 1. The molecule has 2 aromatic rings. The van der Waals surface area contributed by atoms with Crippen LogP contribution in [0.3, 0.4) is 0 Å². The Labute approximate surface area is 186 Å². The lowest BCUT2D eigenvalue weighted by Gasteiger charge is -2.32. The molecule has 2 heterocycles. The van der Waals surface area contributed by atoms with Crippen LogP contribution in [0.15, 0.2) is 39.9 Å². The van der Waals surface area contributed by atoms with E-state index in [4.69, 9.17) is 37.0 Å². The summed E-state index contributed by atoms with van der Waals surface area (Å²) >= 11 is 6.47. The van der Waals surface area contributed by atoms with Gasteiger partial charge in [0.25, 0.3) is 5.91 Å². The van der Waals surface area contributed by atoms with E-state index < -0.39 is 0 Å². The summed E-state index contributed by atoms with van der Waals surface area (Å²) < 4.78 is 16.2. The Morgan fingerprint density at radius 1 is 1.13 bits per heavy atom. The Kier molecular flexibility index (Phi) is 6.56. The van der Waals surface area contributed by atoms with E-state index in [9.17, 15) is 4.79 Å². The van der Waals surface area contributed by atoms with Crippen molar-refractivity contribution in [3.05, 3.63) is 46.9 Å². The van der Waals surface area contributed by atoms with Crippen LogP contribution in [-0.2, 0) is 6.54 Å². The van der Waals surface area contributed by atoms with E-state index in [0.29, 0.717) is 53.8 Å². The second-order valence-corrected chi connectivity index (χ2v) is 8.52. The Bertz CT molecular complexity index is 935. The van der Waals surface area contributed by atoms with Gasteiger partial charge in [0.05, 0.1) is 6.26 Å². The molecule has 1 aliphatic carbocycles. The molecule has 0 atom stereocenters. The zero-order valence-corrected chi connectivity index (χ0v) is 18.0. The molecule has 4 N–H and O–H groups in total. The highest BCUT2D eigenvalue weighted by Crippen LogP contribution is 2.38. The number of rotatable bonds is 7. The predicted molar refractivity (Wildman–Crippen MR) is 117 cm³/mol. The number of carbonyl (C=O) groups excluding carboxylic acids is 1. The molecule has 1 saturated carbocycles. The van der Waals surface area contributed by atoms with Crippen LogP contribution in [0.1, 0.15) is 41.8 Å². The SMILES string of the molecule is NC(N)=NCC1CCC(CN(Cc2cc3c(cc2Cl)OCO3)C(=O)c2ccco2)CC1. The number of hydrogen-bond acceptors (Lipinski definition) is 5. The highest BCUT2D eigenvalue weighted by atomic mass is 35.5. The Morgan fingerprint density at radius 3 is 2.52 bits per heavy atom. The van der Waals surface area contributed by atoms with Crippen molar-refractivity contribution in [1.82, 2.24) is 4.90 Å². The fraction of sp³-hybridized carbons (Fsp3) is 0.455. The van der Waals surface area contributed by atoms with E-state index in [0.717, 1.165) is 31.2 Å². The molecule has 0 bridgehead atoms. The molecular weight excluding hydrogens is 420 g/mol. The van der Waals surface area contributed by atoms with Crippen molar-refractivity contribution in [1.29, 1.82) is 0 Å². The molecule has 166 valence electrons. The van der Waals surface area contributed by atoms with Crippen LogP contribution < -0.4 is 20.9 Å². The molecule has 8 nitrogen and oxygen atoms in total. The van der Waals surface area contributed by atoms with Crippen molar-refractivity contribution >= 4 is 23.5 Å². The minimum atomic E-state index is -0.152. The standard InChI is InChI=1S/C22H27ClN4O4/c23-17-9-20-19(30-13-31-20)8-16(17)12-27(21(28)18-2-1-7-29-18)11-15-5-3-14(4-6-15)10-26-22(24)25/h1-2,7-9,14-15H,3-6,10-13H2,(H4,24,25,26). The van der Waals surface area contributed by atoms with Gasteiger partial charge >= 0.3 is 0 Å². The number of furan rings is 1. The van der Waals surface area contributed by atoms with Gasteiger partial charge < -0.3 is 30.3 Å². The largest absolute Gasteiger partial charge is 0.459 e. The average molecular weight is 447 g/mol. The summed E-state index contributed by atoms with van der Waals surface area (Å²) in [7, 11) is 0. The predicted octanol–water partition coefficient (Wildman–Crippen LogP) is 3.38. The molecule has 31 heavy (non-hydrogen) atoms. The van der Waals surface area contributed by atoms with E-state index in [2.05, 4.69) is 4.99 Å². The normalized spacial score (nSPS) is 19.8. The molecule has 0 saturated heterocycles. The van der Waals surface area contributed by atoms with E-state index in [1.54, 1.807) is 18.2 Å². The minimum Gasteiger partial charge on any atom is -0.459 e. The molecule has 1 amide bonds. The lowest BCUT2D eigenvalue weighted by atomic mass is 9.81. The zero-order valence-electron chi connectivity index (χ0n) is 17.3. The van der Waals surface area contributed by atoms with Crippen molar-refractivity contribution in [2.75, 3.05) is 19.9 Å². The van der Waals surface area contributed by atoms with Gasteiger partial charge in [-0.2, -0.15) is 0 Å². The first kappa shape index (κ1) is 21.4. The number of amides is 1. The first-order valence-electron chi connectivity index (χ1n) is 10.5. The quantitative estimate of drug-likeness (QED) is 0.497. The second-order valence-electron chi connectivity index (χ2n) is 8.11. The molecule has 0 unspecified atom stereocenters. The van der Waals surface area contributed by atoms with Crippen LogP contribution in [-0.4, -0.2) is 36.6 Å².